The molecule has 118 valence electrons. The third kappa shape index (κ3) is 2.95. The lowest BCUT2D eigenvalue weighted by atomic mass is 9.86. The molecule has 1 unspecified atom stereocenters. The summed E-state index contributed by atoms with van der Waals surface area (Å²) < 4.78 is 0. The molecule has 2 N–H and O–H groups in total. The molecule has 2 aromatic rings. The number of aryl methyl sites for hydroxylation is 1. The van der Waals surface area contributed by atoms with E-state index in [0.717, 1.165) is 5.56 Å². The van der Waals surface area contributed by atoms with E-state index in [4.69, 9.17) is 0 Å². The molecule has 3 rings (SSSR count). The monoisotopic (exact) mass is 310 g/mol. The zero-order valence-corrected chi connectivity index (χ0v) is 13.1. The topological polar surface area (TPSA) is 79.0 Å². The molecule has 23 heavy (non-hydrogen) atoms. The molecule has 0 radical (unpaired) electrons. The fourth-order valence-corrected chi connectivity index (χ4v) is 2.90. The number of carbonyl (C=O) groups excluding carboxylic acids is 2. The Morgan fingerprint density at radius 2 is 1.96 bits per heavy atom. The van der Waals surface area contributed by atoms with Crippen molar-refractivity contribution in [3.63, 3.8) is 0 Å². The van der Waals surface area contributed by atoms with Crippen molar-refractivity contribution < 1.29 is 9.59 Å². The Bertz CT molecular complexity index is 852. The van der Waals surface area contributed by atoms with Crippen LogP contribution in [0.15, 0.2) is 35.1 Å². The highest BCUT2D eigenvalue weighted by Crippen LogP contribution is 2.23. The summed E-state index contributed by atoms with van der Waals surface area (Å²) in [6, 6.07) is 8.75. The maximum atomic E-state index is 12.4. The number of hydrogen-bond acceptors (Lipinski definition) is 3. The van der Waals surface area contributed by atoms with Crippen molar-refractivity contribution in [1.82, 2.24) is 4.98 Å². The number of nitrogens with one attached hydrogen (secondary N) is 2. The number of amides is 1. The number of H-pyrrole nitrogens is 1. The Morgan fingerprint density at radius 3 is 2.70 bits per heavy atom. The van der Waals surface area contributed by atoms with E-state index in [1.807, 2.05) is 32.0 Å². The number of aromatic nitrogens is 1. The fourth-order valence-electron chi connectivity index (χ4n) is 2.90. The van der Waals surface area contributed by atoms with E-state index >= 15 is 0 Å². The van der Waals surface area contributed by atoms with Crippen LogP contribution in [0.2, 0.25) is 0 Å². The van der Waals surface area contributed by atoms with Crippen LogP contribution in [0.25, 0.3) is 0 Å². The van der Waals surface area contributed by atoms with Crippen LogP contribution in [0.3, 0.4) is 0 Å². The van der Waals surface area contributed by atoms with Gasteiger partial charge in [-0.25, -0.2) is 0 Å². The van der Waals surface area contributed by atoms with Crippen LogP contribution in [0.4, 0.5) is 5.69 Å². The van der Waals surface area contributed by atoms with Gasteiger partial charge in [-0.05, 0) is 37.0 Å². The van der Waals surface area contributed by atoms with Crippen LogP contribution in [0.1, 0.15) is 45.3 Å². The largest absolute Gasteiger partial charge is 0.325 e. The SMILES string of the molecule is Cc1ccccc1NC(=O)c1cc2c([nH]c1=O)CC(C)CC2=O. The zero-order chi connectivity index (χ0) is 16.6. The highest BCUT2D eigenvalue weighted by atomic mass is 16.2. The van der Waals surface area contributed by atoms with Gasteiger partial charge in [0.15, 0.2) is 5.78 Å². The van der Waals surface area contributed by atoms with Gasteiger partial charge in [-0.1, -0.05) is 25.1 Å². The van der Waals surface area contributed by atoms with Crippen LogP contribution >= 0.6 is 0 Å². The van der Waals surface area contributed by atoms with Gasteiger partial charge in [0.05, 0.1) is 0 Å². The summed E-state index contributed by atoms with van der Waals surface area (Å²) in [5, 5.41) is 2.73. The number of fused-ring (bicyclic) bond motifs is 1. The second-order valence-electron chi connectivity index (χ2n) is 6.11. The molecule has 0 saturated carbocycles. The van der Waals surface area contributed by atoms with Crippen molar-refractivity contribution in [2.24, 2.45) is 5.92 Å². The molecule has 1 aromatic heterocycles. The molecule has 1 atom stereocenters. The van der Waals surface area contributed by atoms with Gasteiger partial charge >= 0.3 is 0 Å². The predicted molar refractivity (Wildman–Crippen MR) is 88.0 cm³/mol. The standard InChI is InChI=1S/C18H18N2O3/c1-10-7-15-12(16(21)8-10)9-13(18(23)20-15)17(22)19-14-6-4-3-5-11(14)2/h3-6,9-10H,7-8H2,1-2H3,(H,19,22)(H,20,23). The minimum Gasteiger partial charge on any atom is -0.325 e. The van der Waals surface area contributed by atoms with Gasteiger partial charge in [-0.2, -0.15) is 0 Å². The van der Waals surface area contributed by atoms with Crippen molar-refractivity contribution >= 4 is 17.4 Å². The Labute approximate surface area is 133 Å². The van der Waals surface area contributed by atoms with Crippen molar-refractivity contribution in [2.45, 2.75) is 26.7 Å². The van der Waals surface area contributed by atoms with Crippen LogP contribution in [-0.2, 0) is 6.42 Å². The number of pyridine rings is 1. The number of hydrogen-bond donors (Lipinski definition) is 2. The van der Waals surface area contributed by atoms with Crippen molar-refractivity contribution in [1.29, 1.82) is 0 Å². The Hall–Kier alpha value is -2.69. The molecular formula is C18H18N2O3. The van der Waals surface area contributed by atoms with E-state index < -0.39 is 11.5 Å². The molecule has 0 saturated heterocycles. The number of rotatable bonds is 2. The highest BCUT2D eigenvalue weighted by molar-refractivity contribution is 6.06. The number of para-hydroxylation sites is 1. The molecule has 0 spiro atoms. The van der Waals surface area contributed by atoms with Gasteiger partial charge in [-0.3, -0.25) is 14.4 Å². The Morgan fingerprint density at radius 1 is 1.22 bits per heavy atom. The quantitative estimate of drug-likeness (QED) is 0.895. The van der Waals surface area contributed by atoms with E-state index in [-0.39, 0.29) is 17.3 Å². The van der Waals surface area contributed by atoms with Crippen LogP contribution in [-0.4, -0.2) is 16.7 Å². The predicted octanol–water partition coefficient (Wildman–Crippen LogP) is 2.70. The van der Waals surface area contributed by atoms with Gasteiger partial charge in [0.25, 0.3) is 11.5 Å². The van der Waals surface area contributed by atoms with Crippen LogP contribution in [0, 0.1) is 12.8 Å². The Balaban J connectivity index is 1.96. The van der Waals surface area contributed by atoms with E-state index in [1.165, 1.54) is 6.07 Å². The molecule has 1 aliphatic rings. The third-order valence-corrected chi connectivity index (χ3v) is 4.15. The third-order valence-electron chi connectivity index (χ3n) is 4.15. The Kier molecular flexibility index (Phi) is 3.86. The van der Waals surface area contributed by atoms with Gasteiger partial charge < -0.3 is 10.3 Å². The molecule has 5 heteroatoms. The first-order valence-electron chi connectivity index (χ1n) is 7.62. The average Bonchev–Trinajstić information content (AvgIpc) is 2.48. The molecule has 0 aliphatic heterocycles. The summed E-state index contributed by atoms with van der Waals surface area (Å²) in [7, 11) is 0. The van der Waals surface area contributed by atoms with E-state index in [2.05, 4.69) is 10.3 Å². The number of ketones is 1. The number of Topliss-reactive ketones (excluding diaryl/α,β-unsaturated/α-hetero) is 1. The second kappa shape index (κ2) is 5.83. The molecule has 1 heterocycles. The maximum Gasteiger partial charge on any atom is 0.261 e. The van der Waals surface area contributed by atoms with Crippen molar-refractivity contribution in [2.75, 3.05) is 5.32 Å². The molecule has 0 fully saturated rings. The smallest absolute Gasteiger partial charge is 0.261 e. The first kappa shape index (κ1) is 15.2. The maximum absolute atomic E-state index is 12.4. The molecule has 1 aromatic carbocycles. The lowest BCUT2D eigenvalue weighted by molar-refractivity contribution is 0.0952. The molecule has 5 nitrogen and oxygen atoms in total. The number of anilines is 1. The molecule has 1 aliphatic carbocycles. The normalized spacial score (nSPS) is 16.8. The highest BCUT2D eigenvalue weighted by Gasteiger charge is 2.25. The lowest BCUT2D eigenvalue weighted by Crippen LogP contribution is -2.29. The minimum atomic E-state index is -0.505. The number of aromatic amines is 1. The summed E-state index contributed by atoms with van der Waals surface area (Å²) in [6.07, 6.45) is 1.09. The first-order valence-corrected chi connectivity index (χ1v) is 7.62. The van der Waals surface area contributed by atoms with E-state index in [0.29, 0.717) is 29.8 Å². The summed E-state index contributed by atoms with van der Waals surface area (Å²) in [5.41, 5.74) is 2.14. The molecular weight excluding hydrogens is 292 g/mol. The molecule has 1 amide bonds. The van der Waals surface area contributed by atoms with Gasteiger partial charge in [-0.15, -0.1) is 0 Å². The number of carbonyl (C=O) groups is 2. The second-order valence-corrected chi connectivity index (χ2v) is 6.11. The van der Waals surface area contributed by atoms with E-state index in [9.17, 15) is 14.4 Å². The van der Waals surface area contributed by atoms with Crippen molar-refractivity contribution in [3.05, 3.63) is 63.1 Å². The lowest BCUT2D eigenvalue weighted by Gasteiger charge is -2.20. The zero-order valence-electron chi connectivity index (χ0n) is 13.1. The summed E-state index contributed by atoms with van der Waals surface area (Å²) in [6.45, 7) is 3.84. The average molecular weight is 310 g/mol. The first-order chi connectivity index (χ1) is 11.0. The van der Waals surface area contributed by atoms with Gasteiger partial charge in [0.2, 0.25) is 0 Å². The number of benzene rings is 1. The van der Waals surface area contributed by atoms with Crippen LogP contribution in [0.5, 0.6) is 0 Å². The van der Waals surface area contributed by atoms with Gasteiger partial charge in [0, 0.05) is 23.4 Å². The summed E-state index contributed by atoms with van der Waals surface area (Å²) >= 11 is 0. The van der Waals surface area contributed by atoms with Crippen molar-refractivity contribution in [3.8, 4) is 0 Å². The van der Waals surface area contributed by atoms with Crippen LogP contribution < -0.4 is 10.9 Å². The minimum absolute atomic E-state index is 0.0278. The van der Waals surface area contributed by atoms with Gasteiger partial charge in [0.1, 0.15) is 5.56 Å². The summed E-state index contributed by atoms with van der Waals surface area (Å²) in [4.78, 5) is 39.4. The molecule has 0 bridgehead atoms. The fraction of sp³-hybridized carbons (Fsp3) is 0.278. The summed E-state index contributed by atoms with van der Waals surface area (Å²) in [5.74, 6) is -0.327. The van der Waals surface area contributed by atoms with E-state index in [1.54, 1.807) is 6.07 Å².